The van der Waals surface area contributed by atoms with Crippen LogP contribution in [0.15, 0.2) is 48.7 Å². The van der Waals surface area contributed by atoms with E-state index in [-0.39, 0.29) is 5.92 Å². The molecule has 0 aliphatic carbocycles. The summed E-state index contributed by atoms with van der Waals surface area (Å²) in [5.41, 5.74) is 1.13. The molecule has 1 aliphatic heterocycles. The van der Waals surface area contributed by atoms with Gasteiger partial charge in [-0.15, -0.1) is 0 Å². The van der Waals surface area contributed by atoms with E-state index in [1.165, 1.54) is 6.92 Å². The van der Waals surface area contributed by atoms with Crippen LogP contribution in [0.5, 0.6) is 5.75 Å². The Hall–Kier alpha value is -2.64. The highest BCUT2D eigenvalue weighted by atomic mass is 16.7. The first-order valence-electron chi connectivity index (χ1n) is 9.31. The standard InChI is InChI=1S/C21H26N2O5/c1-21(20(24)25)27-14-17(15-28-21)13-16-6-8-18(9-7-16)26-12-11-23(2)19-5-3-4-10-22-19/h3-10,17H,11-15H2,1-2H3,(H,24,25)/t17-,21-. The Morgan fingerprint density at radius 2 is 1.96 bits per heavy atom. The first kappa shape index (κ1) is 20.1. The number of ether oxygens (including phenoxy) is 3. The van der Waals surface area contributed by atoms with Crippen LogP contribution in [0.3, 0.4) is 0 Å². The van der Waals surface area contributed by atoms with Crippen molar-refractivity contribution in [1.82, 2.24) is 4.98 Å². The number of hydrogen-bond acceptors (Lipinski definition) is 6. The molecule has 7 nitrogen and oxygen atoms in total. The highest BCUT2D eigenvalue weighted by molar-refractivity contribution is 5.75. The van der Waals surface area contributed by atoms with E-state index in [4.69, 9.17) is 19.3 Å². The second kappa shape index (κ2) is 9.03. The molecule has 1 aliphatic rings. The Bertz CT molecular complexity index is 758. The zero-order chi connectivity index (χ0) is 20.0. The number of benzene rings is 1. The summed E-state index contributed by atoms with van der Waals surface area (Å²) in [5.74, 6) is -0.770. The van der Waals surface area contributed by atoms with E-state index in [0.29, 0.717) is 19.8 Å². The van der Waals surface area contributed by atoms with Crippen molar-refractivity contribution < 1.29 is 24.1 Å². The number of aliphatic carboxylic acids is 1. The summed E-state index contributed by atoms with van der Waals surface area (Å²) in [5, 5.41) is 9.10. The van der Waals surface area contributed by atoms with Gasteiger partial charge in [0.05, 0.1) is 19.8 Å². The van der Waals surface area contributed by atoms with E-state index >= 15 is 0 Å². The molecule has 0 atom stereocenters. The Balaban J connectivity index is 1.42. The number of carboxylic acid groups (broad SMARTS) is 1. The van der Waals surface area contributed by atoms with Crippen LogP contribution in [0.2, 0.25) is 0 Å². The second-order valence-electron chi connectivity index (χ2n) is 7.04. The largest absolute Gasteiger partial charge is 0.492 e. The average molecular weight is 386 g/mol. The van der Waals surface area contributed by atoms with Gasteiger partial charge in [0.25, 0.3) is 5.79 Å². The highest BCUT2D eigenvalue weighted by Gasteiger charge is 2.40. The predicted octanol–water partition coefficient (Wildman–Crippen LogP) is 2.60. The van der Waals surface area contributed by atoms with Gasteiger partial charge in [0, 0.05) is 26.1 Å². The summed E-state index contributed by atoms with van der Waals surface area (Å²) in [6.07, 6.45) is 2.54. The third-order valence-corrected chi connectivity index (χ3v) is 4.76. The maximum atomic E-state index is 11.1. The van der Waals surface area contributed by atoms with Gasteiger partial charge in [0.15, 0.2) is 0 Å². The van der Waals surface area contributed by atoms with Gasteiger partial charge in [0.1, 0.15) is 18.2 Å². The van der Waals surface area contributed by atoms with E-state index in [2.05, 4.69) is 4.98 Å². The second-order valence-corrected chi connectivity index (χ2v) is 7.04. The molecule has 1 N–H and O–H groups in total. The van der Waals surface area contributed by atoms with Crippen LogP contribution in [0, 0.1) is 5.92 Å². The minimum absolute atomic E-state index is 0.131. The number of likely N-dealkylation sites (N-methyl/N-ethyl adjacent to an activating group) is 1. The summed E-state index contributed by atoms with van der Waals surface area (Å²) in [4.78, 5) is 17.5. The van der Waals surface area contributed by atoms with Crippen molar-refractivity contribution >= 4 is 11.8 Å². The van der Waals surface area contributed by atoms with Crippen molar-refractivity contribution in [2.24, 2.45) is 5.92 Å². The first-order chi connectivity index (χ1) is 13.5. The molecule has 3 rings (SSSR count). The molecular formula is C21H26N2O5. The van der Waals surface area contributed by atoms with E-state index in [0.717, 1.165) is 30.1 Å². The Kier molecular flexibility index (Phi) is 6.49. The van der Waals surface area contributed by atoms with Crippen molar-refractivity contribution in [3.8, 4) is 5.75 Å². The lowest BCUT2D eigenvalue weighted by molar-refractivity contribution is -0.270. The number of aromatic nitrogens is 1. The Morgan fingerprint density at radius 1 is 1.25 bits per heavy atom. The molecule has 28 heavy (non-hydrogen) atoms. The van der Waals surface area contributed by atoms with Gasteiger partial charge in [-0.25, -0.2) is 9.78 Å². The minimum atomic E-state index is -1.53. The smallest absolute Gasteiger partial charge is 0.364 e. The fourth-order valence-corrected chi connectivity index (χ4v) is 2.93. The van der Waals surface area contributed by atoms with Crippen LogP contribution in [0.1, 0.15) is 12.5 Å². The Labute approximate surface area is 164 Å². The molecule has 0 unspecified atom stereocenters. The summed E-state index contributed by atoms with van der Waals surface area (Å²) < 4.78 is 16.6. The van der Waals surface area contributed by atoms with Gasteiger partial charge in [-0.2, -0.15) is 0 Å². The monoisotopic (exact) mass is 386 g/mol. The molecule has 150 valence electrons. The van der Waals surface area contributed by atoms with Crippen LogP contribution in [0.25, 0.3) is 0 Å². The third-order valence-electron chi connectivity index (χ3n) is 4.76. The third kappa shape index (κ3) is 5.21. The highest BCUT2D eigenvalue weighted by Crippen LogP contribution is 2.24. The van der Waals surface area contributed by atoms with E-state index in [1.807, 2.05) is 54.4 Å². The summed E-state index contributed by atoms with van der Waals surface area (Å²) in [6.45, 7) is 3.45. The first-order valence-corrected chi connectivity index (χ1v) is 9.31. The lowest BCUT2D eigenvalue weighted by atomic mass is 9.99. The number of nitrogens with zero attached hydrogens (tertiary/aromatic N) is 2. The topological polar surface area (TPSA) is 81.1 Å². The normalized spacial score (nSPS) is 21.9. The number of carbonyl (C=O) groups is 1. The van der Waals surface area contributed by atoms with Gasteiger partial charge in [-0.1, -0.05) is 18.2 Å². The lowest BCUT2D eigenvalue weighted by Crippen LogP contribution is -2.48. The zero-order valence-electron chi connectivity index (χ0n) is 16.2. The summed E-state index contributed by atoms with van der Waals surface area (Å²) >= 11 is 0. The van der Waals surface area contributed by atoms with Crippen molar-refractivity contribution in [1.29, 1.82) is 0 Å². The van der Waals surface area contributed by atoms with Gasteiger partial charge >= 0.3 is 5.97 Å². The van der Waals surface area contributed by atoms with Crippen LogP contribution >= 0.6 is 0 Å². The number of pyridine rings is 1. The molecule has 0 saturated carbocycles. The SMILES string of the molecule is CN(CCOc1ccc(C[C@H]2CO[C@](C)(C(=O)O)OC2)cc1)c1ccccn1. The molecule has 1 aromatic heterocycles. The number of carboxylic acids is 1. The van der Waals surface area contributed by atoms with E-state index in [1.54, 1.807) is 6.20 Å². The van der Waals surface area contributed by atoms with Crippen molar-refractivity contribution in [2.75, 3.05) is 38.3 Å². The molecule has 0 radical (unpaired) electrons. The van der Waals surface area contributed by atoms with E-state index in [9.17, 15) is 4.79 Å². The molecule has 7 heteroatoms. The average Bonchev–Trinajstić information content (AvgIpc) is 2.71. The number of rotatable bonds is 8. The van der Waals surface area contributed by atoms with Gasteiger partial charge in [-0.05, 0) is 36.2 Å². The quantitative estimate of drug-likeness (QED) is 0.747. The molecule has 1 aromatic carbocycles. The zero-order valence-corrected chi connectivity index (χ0v) is 16.2. The number of hydrogen-bond donors (Lipinski definition) is 1. The lowest BCUT2D eigenvalue weighted by Gasteiger charge is -2.34. The van der Waals surface area contributed by atoms with Crippen LogP contribution < -0.4 is 9.64 Å². The fourth-order valence-electron chi connectivity index (χ4n) is 2.93. The van der Waals surface area contributed by atoms with Crippen LogP contribution in [-0.2, 0) is 20.7 Å². The summed E-state index contributed by atoms with van der Waals surface area (Å²) in [6, 6.07) is 13.7. The molecular weight excluding hydrogens is 360 g/mol. The predicted molar refractivity (Wildman–Crippen MR) is 105 cm³/mol. The van der Waals surface area contributed by atoms with Gasteiger partial charge in [-0.3, -0.25) is 0 Å². The van der Waals surface area contributed by atoms with Gasteiger partial charge in [0.2, 0.25) is 0 Å². The maximum absolute atomic E-state index is 11.1. The van der Waals surface area contributed by atoms with Crippen LogP contribution in [0.4, 0.5) is 5.82 Å². The molecule has 2 aromatic rings. The van der Waals surface area contributed by atoms with Crippen molar-refractivity contribution in [3.05, 3.63) is 54.2 Å². The number of anilines is 1. The Morgan fingerprint density at radius 3 is 2.57 bits per heavy atom. The van der Waals surface area contributed by atoms with Crippen LogP contribution in [-0.4, -0.2) is 55.3 Å². The van der Waals surface area contributed by atoms with Gasteiger partial charge < -0.3 is 24.2 Å². The molecule has 0 amide bonds. The maximum Gasteiger partial charge on any atom is 0.364 e. The van der Waals surface area contributed by atoms with Crippen molar-refractivity contribution in [3.63, 3.8) is 0 Å². The molecule has 0 bridgehead atoms. The fraction of sp³-hybridized carbons (Fsp3) is 0.429. The molecule has 1 saturated heterocycles. The van der Waals surface area contributed by atoms with Crippen molar-refractivity contribution in [2.45, 2.75) is 19.1 Å². The molecule has 1 fully saturated rings. The molecule has 2 heterocycles. The minimum Gasteiger partial charge on any atom is -0.492 e. The summed E-state index contributed by atoms with van der Waals surface area (Å²) in [7, 11) is 1.98. The van der Waals surface area contributed by atoms with E-state index < -0.39 is 11.8 Å². The molecule has 0 spiro atoms.